The number of nitrogens with one attached hydrogen (secondary N) is 1. The standard InChI is InChI=1S/C15H23N5O/c1-3-12-10-20(7-6-19(12)8-9-21-2)15-13-4-5-16-14(13)17-11-18-15/h4-5,11-12H,3,6-10H2,1-2H3,(H,16,17,18)/t12-/m0/s1. The van der Waals surface area contributed by atoms with E-state index >= 15 is 0 Å². The number of fused-ring (bicyclic) bond motifs is 1. The lowest BCUT2D eigenvalue weighted by Gasteiger charge is -2.41. The molecular formula is C15H23N5O. The van der Waals surface area contributed by atoms with Crippen LogP contribution in [0, 0.1) is 0 Å². The number of aromatic nitrogens is 3. The van der Waals surface area contributed by atoms with Crippen molar-refractivity contribution in [3.63, 3.8) is 0 Å². The first-order valence-electron chi connectivity index (χ1n) is 7.59. The van der Waals surface area contributed by atoms with E-state index in [9.17, 15) is 0 Å². The summed E-state index contributed by atoms with van der Waals surface area (Å²) in [6.45, 7) is 7.12. The largest absolute Gasteiger partial charge is 0.383 e. The molecule has 0 spiro atoms. The van der Waals surface area contributed by atoms with Gasteiger partial charge < -0.3 is 14.6 Å². The van der Waals surface area contributed by atoms with Crippen LogP contribution in [0.15, 0.2) is 18.6 Å². The Kier molecular flexibility index (Phi) is 4.36. The summed E-state index contributed by atoms with van der Waals surface area (Å²) in [6, 6.07) is 2.61. The zero-order chi connectivity index (χ0) is 14.7. The number of piperazine rings is 1. The number of H-pyrrole nitrogens is 1. The molecule has 114 valence electrons. The quantitative estimate of drug-likeness (QED) is 0.904. The van der Waals surface area contributed by atoms with E-state index < -0.39 is 0 Å². The fourth-order valence-electron chi connectivity index (χ4n) is 3.09. The summed E-state index contributed by atoms with van der Waals surface area (Å²) < 4.78 is 5.22. The minimum Gasteiger partial charge on any atom is -0.383 e. The Balaban J connectivity index is 1.77. The fourth-order valence-corrected chi connectivity index (χ4v) is 3.09. The Morgan fingerprint density at radius 1 is 1.38 bits per heavy atom. The smallest absolute Gasteiger partial charge is 0.142 e. The van der Waals surface area contributed by atoms with Crippen molar-refractivity contribution in [2.24, 2.45) is 0 Å². The van der Waals surface area contributed by atoms with Gasteiger partial charge in [0.2, 0.25) is 0 Å². The topological polar surface area (TPSA) is 57.3 Å². The molecule has 3 rings (SSSR count). The van der Waals surface area contributed by atoms with Crippen molar-refractivity contribution >= 4 is 16.9 Å². The number of rotatable bonds is 5. The van der Waals surface area contributed by atoms with Crippen molar-refractivity contribution in [2.45, 2.75) is 19.4 Å². The van der Waals surface area contributed by atoms with Gasteiger partial charge in [-0.2, -0.15) is 0 Å². The summed E-state index contributed by atoms with van der Waals surface area (Å²) in [6.07, 6.45) is 4.71. The van der Waals surface area contributed by atoms with Crippen LogP contribution >= 0.6 is 0 Å². The SMILES string of the molecule is CC[C@H]1CN(c2ncnc3[nH]ccc23)CCN1CCOC. The van der Waals surface area contributed by atoms with Gasteiger partial charge in [0.1, 0.15) is 17.8 Å². The number of nitrogens with zero attached hydrogens (tertiary/aromatic N) is 4. The maximum absolute atomic E-state index is 5.22. The molecule has 0 aromatic carbocycles. The first-order valence-corrected chi connectivity index (χ1v) is 7.59. The van der Waals surface area contributed by atoms with Crippen molar-refractivity contribution in [1.29, 1.82) is 0 Å². The van der Waals surface area contributed by atoms with Crippen LogP contribution in [0.25, 0.3) is 11.0 Å². The zero-order valence-corrected chi connectivity index (χ0v) is 12.7. The summed E-state index contributed by atoms with van der Waals surface area (Å²) in [5, 5.41) is 1.11. The highest BCUT2D eigenvalue weighted by atomic mass is 16.5. The normalized spacial score (nSPS) is 20.3. The van der Waals surface area contributed by atoms with E-state index in [0.717, 1.165) is 56.1 Å². The molecule has 6 heteroatoms. The van der Waals surface area contributed by atoms with Gasteiger partial charge in [-0.05, 0) is 12.5 Å². The second kappa shape index (κ2) is 6.41. The molecule has 1 atom stereocenters. The highest BCUT2D eigenvalue weighted by molar-refractivity contribution is 5.87. The first-order chi connectivity index (χ1) is 10.3. The molecule has 3 heterocycles. The summed E-state index contributed by atoms with van der Waals surface area (Å²) >= 11 is 0. The van der Waals surface area contributed by atoms with E-state index in [-0.39, 0.29) is 0 Å². The minimum atomic E-state index is 0.554. The lowest BCUT2D eigenvalue weighted by molar-refractivity contribution is 0.109. The van der Waals surface area contributed by atoms with E-state index in [0.29, 0.717) is 6.04 Å². The van der Waals surface area contributed by atoms with Crippen molar-refractivity contribution in [2.75, 3.05) is 44.8 Å². The second-order valence-electron chi connectivity index (χ2n) is 5.47. The average Bonchev–Trinajstić information content (AvgIpc) is 3.01. The number of methoxy groups -OCH3 is 1. The third-order valence-electron chi connectivity index (χ3n) is 4.29. The third kappa shape index (κ3) is 2.87. The van der Waals surface area contributed by atoms with Gasteiger partial charge in [0, 0.05) is 45.5 Å². The van der Waals surface area contributed by atoms with Crippen molar-refractivity contribution in [3.05, 3.63) is 18.6 Å². The lowest BCUT2D eigenvalue weighted by atomic mass is 10.1. The Morgan fingerprint density at radius 3 is 3.10 bits per heavy atom. The maximum Gasteiger partial charge on any atom is 0.142 e. The van der Waals surface area contributed by atoms with Gasteiger partial charge in [-0.3, -0.25) is 4.90 Å². The van der Waals surface area contributed by atoms with Crippen molar-refractivity contribution < 1.29 is 4.74 Å². The molecule has 1 aliphatic rings. The number of aromatic amines is 1. The molecule has 2 aromatic rings. The van der Waals surface area contributed by atoms with E-state index in [4.69, 9.17) is 4.74 Å². The molecular weight excluding hydrogens is 266 g/mol. The third-order valence-corrected chi connectivity index (χ3v) is 4.29. The highest BCUT2D eigenvalue weighted by Crippen LogP contribution is 2.25. The molecule has 2 aromatic heterocycles. The molecule has 0 radical (unpaired) electrons. The Labute approximate surface area is 125 Å². The Morgan fingerprint density at radius 2 is 2.29 bits per heavy atom. The van der Waals surface area contributed by atoms with Crippen LogP contribution < -0.4 is 4.90 Å². The summed E-state index contributed by atoms with van der Waals surface area (Å²) in [5.41, 5.74) is 0.912. The molecule has 0 bridgehead atoms. The number of ether oxygens (including phenoxy) is 1. The van der Waals surface area contributed by atoms with Crippen LogP contribution in [0.4, 0.5) is 5.82 Å². The molecule has 0 saturated carbocycles. The van der Waals surface area contributed by atoms with Gasteiger partial charge in [-0.15, -0.1) is 0 Å². The zero-order valence-electron chi connectivity index (χ0n) is 12.7. The molecule has 1 N–H and O–H groups in total. The summed E-state index contributed by atoms with van der Waals surface area (Å²) in [4.78, 5) is 16.8. The highest BCUT2D eigenvalue weighted by Gasteiger charge is 2.27. The van der Waals surface area contributed by atoms with Crippen molar-refractivity contribution in [3.8, 4) is 0 Å². The predicted molar refractivity (Wildman–Crippen MR) is 83.6 cm³/mol. The second-order valence-corrected chi connectivity index (χ2v) is 5.47. The number of hydrogen-bond acceptors (Lipinski definition) is 5. The van der Waals surface area contributed by atoms with Crippen molar-refractivity contribution in [1.82, 2.24) is 19.9 Å². The molecule has 6 nitrogen and oxygen atoms in total. The van der Waals surface area contributed by atoms with Gasteiger partial charge in [-0.1, -0.05) is 6.92 Å². The van der Waals surface area contributed by atoms with Gasteiger partial charge in [0.05, 0.1) is 12.0 Å². The Bertz CT molecular complexity index is 584. The van der Waals surface area contributed by atoms with Gasteiger partial charge in [-0.25, -0.2) is 9.97 Å². The Hall–Kier alpha value is -1.66. The fraction of sp³-hybridized carbons (Fsp3) is 0.600. The van der Waals surface area contributed by atoms with Crippen LogP contribution in [0.2, 0.25) is 0 Å². The molecule has 0 unspecified atom stereocenters. The molecule has 1 saturated heterocycles. The summed E-state index contributed by atoms with van der Waals surface area (Å²) in [7, 11) is 1.76. The lowest BCUT2D eigenvalue weighted by Crippen LogP contribution is -2.54. The maximum atomic E-state index is 5.22. The molecule has 21 heavy (non-hydrogen) atoms. The van der Waals surface area contributed by atoms with Gasteiger partial charge in [0.15, 0.2) is 0 Å². The molecule has 0 aliphatic carbocycles. The molecule has 0 amide bonds. The van der Waals surface area contributed by atoms with E-state index in [1.807, 2.05) is 6.20 Å². The first kappa shape index (κ1) is 14.3. The van der Waals surface area contributed by atoms with E-state index in [1.54, 1.807) is 13.4 Å². The monoisotopic (exact) mass is 289 g/mol. The number of hydrogen-bond donors (Lipinski definition) is 1. The average molecular weight is 289 g/mol. The molecule has 1 aliphatic heterocycles. The van der Waals surface area contributed by atoms with E-state index in [2.05, 4.69) is 37.7 Å². The van der Waals surface area contributed by atoms with Gasteiger partial charge in [0.25, 0.3) is 0 Å². The minimum absolute atomic E-state index is 0.554. The summed E-state index contributed by atoms with van der Waals surface area (Å²) in [5.74, 6) is 1.05. The van der Waals surface area contributed by atoms with Gasteiger partial charge >= 0.3 is 0 Å². The van der Waals surface area contributed by atoms with Crippen LogP contribution in [0.5, 0.6) is 0 Å². The van der Waals surface area contributed by atoms with Crippen LogP contribution in [-0.4, -0.2) is 65.8 Å². The number of anilines is 1. The van der Waals surface area contributed by atoms with Crippen LogP contribution in [0.1, 0.15) is 13.3 Å². The predicted octanol–water partition coefficient (Wildman–Crippen LogP) is 1.50. The van der Waals surface area contributed by atoms with Crippen LogP contribution in [0.3, 0.4) is 0 Å². The van der Waals surface area contributed by atoms with E-state index in [1.165, 1.54) is 0 Å². The van der Waals surface area contributed by atoms with Crippen LogP contribution in [-0.2, 0) is 4.74 Å². The molecule has 1 fully saturated rings.